The van der Waals surface area contributed by atoms with Crippen LogP contribution in [0, 0.1) is 0 Å². The van der Waals surface area contributed by atoms with Gasteiger partial charge in [-0.25, -0.2) is 4.79 Å². The average Bonchev–Trinajstić information content (AvgIpc) is 2.64. The molecule has 1 fully saturated rings. The molecule has 72 valence electrons. The first-order valence-corrected chi connectivity index (χ1v) is 5.56. The molecular weight excluding hydrogens is 184 g/mol. The summed E-state index contributed by atoms with van der Waals surface area (Å²) in [6.07, 6.45) is 6.02. The summed E-state index contributed by atoms with van der Waals surface area (Å²) in [6, 6.07) is 0. The van der Waals surface area contributed by atoms with Crippen LogP contribution in [-0.2, 0) is 6.54 Å². The van der Waals surface area contributed by atoms with E-state index in [4.69, 9.17) is 0 Å². The summed E-state index contributed by atoms with van der Waals surface area (Å²) in [4.78, 5) is 13.9. The van der Waals surface area contributed by atoms with Crippen molar-refractivity contribution in [2.45, 2.75) is 31.1 Å². The van der Waals surface area contributed by atoms with Crippen LogP contribution in [0.5, 0.6) is 0 Å². The second kappa shape index (κ2) is 3.25. The van der Waals surface area contributed by atoms with Gasteiger partial charge in [-0.05, 0) is 25.5 Å². The molecule has 1 N–H and O–H groups in total. The van der Waals surface area contributed by atoms with Crippen molar-refractivity contribution < 1.29 is 0 Å². The van der Waals surface area contributed by atoms with Gasteiger partial charge in [0.05, 0.1) is 0 Å². The molecule has 1 aromatic heterocycles. The van der Waals surface area contributed by atoms with E-state index in [0.717, 1.165) is 6.54 Å². The molecule has 1 atom stereocenters. The van der Waals surface area contributed by atoms with Crippen LogP contribution in [0.1, 0.15) is 19.8 Å². The number of hydrogen-bond acceptors (Lipinski definition) is 2. The molecule has 1 aliphatic rings. The molecule has 2 heterocycles. The fourth-order valence-corrected chi connectivity index (χ4v) is 3.10. The lowest BCUT2D eigenvalue weighted by molar-refractivity contribution is 0.501. The quantitative estimate of drug-likeness (QED) is 0.781. The Hall–Kier alpha value is -0.640. The molecule has 2 rings (SSSR count). The van der Waals surface area contributed by atoms with Crippen molar-refractivity contribution >= 4 is 11.8 Å². The first kappa shape index (κ1) is 8.94. The first-order chi connectivity index (χ1) is 6.20. The smallest absolute Gasteiger partial charge is 0.313 e. The Morgan fingerprint density at radius 3 is 3.15 bits per heavy atom. The van der Waals surface area contributed by atoms with Gasteiger partial charge in [-0.1, -0.05) is 0 Å². The lowest BCUT2D eigenvalue weighted by Crippen LogP contribution is -2.29. The summed E-state index contributed by atoms with van der Waals surface area (Å²) in [5.41, 5.74) is 0.00808. The van der Waals surface area contributed by atoms with Crippen molar-refractivity contribution in [3.8, 4) is 0 Å². The molecule has 13 heavy (non-hydrogen) atoms. The lowest BCUT2D eigenvalue weighted by atomic mass is 10.1. The first-order valence-electron chi connectivity index (χ1n) is 4.57. The number of aromatic nitrogens is 2. The maximum Gasteiger partial charge on any atom is 0.325 e. The van der Waals surface area contributed by atoms with E-state index in [9.17, 15) is 4.79 Å². The van der Waals surface area contributed by atoms with E-state index >= 15 is 0 Å². The zero-order valence-corrected chi connectivity index (χ0v) is 8.56. The second-order valence-corrected chi connectivity index (χ2v) is 5.48. The summed E-state index contributed by atoms with van der Waals surface area (Å²) >= 11 is 1.98. The van der Waals surface area contributed by atoms with Gasteiger partial charge in [-0.3, -0.25) is 4.57 Å². The molecule has 0 amide bonds. The Morgan fingerprint density at radius 2 is 2.62 bits per heavy atom. The number of hydrogen-bond donors (Lipinski definition) is 1. The Kier molecular flexibility index (Phi) is 2.24. The molecule has 3 nitrogen and oxygen atoms in total. The van der Waals surface area contributed by atoms with Gasteiger partial charge in [0, 0.05) is 23.7 Å². The molecule has 0 aliphatic carbocycles. The van der Waals surface area contributed by atoms with E-state index < -0.39 is 0 Å². The van der Waals surface area contributed by atoms with Gasteiger partial charge in [0.2, 0.25) is 0 Å². The highest BCUT2D eigenvalue weighted by atomic mass is 32.2. The second-order valence-electron chi connectivity index (χ2n) is 3.80. The molecule has 1 saturated heterocycles. The Bertz CT molecular complexity index is 335. The number of nitrogens with one attached hydrogen (secondary N) is 1. The highest BCUT2D eigenvalue weighted by Gasteiger charge is 2.30. The topological polar surface area (TPSA) is 37.8 Å². The van der Waals surface area contributed by atoms with Crippen LogP contribution >= 0.6 is 11.8 Å². The normalized spacial score (nSPS) is 28.1. The van der Waals surface area contributed by atoms with Crippen molar-refractivity contribution in [2.75, 3.05) is 5.75 Å². The van der Waals surface area contributed by atoms with Crippen LogP contribution in [0.15, 0.2) is 17.2 Å². The van der Waals surface area contributed by atoms with E-state index in [2.05, 4.69) is 11.9 Å². The summed E-state index contributed by atoms with van der Waals surface area (Å²) in [6.45, 7) is 3.07. The predicted octanol–water partition coefficient (Wildman–Crippen LogP) is 1.46. The fourth-order valence-electron chi connectivity index (χ4n) is 1.80. The number of H-pyrrole nitrogens is 1. The number of rotatable bonds is 2. The van der Waals surface area contributed by atoms with Crippen molar-refractivity contribution in [2.24, 2.45) is 0 Å². The highest BCUT2D eigenvalue weighted by Crippen LogP contribution is 2.38. The Balaban J connectivity index is 2.13. The number of aromatic amines is 1. The van der Waals surface area contributed by atoms with Crippen molar-refractivity contribution in [1.29, 1.82) is 0 Å². The largest absolute Gasteiger partial charge is 0.325 e. The Morgan fingerprint density at radius 1 is 1.77 bits per heavy atom. The molecule has 0 aromatic carbocycles. The van der Waals surface area contributed by atoms with Gasteiger partial charge < -0.3 is 4.98 Å². The van der Waals surface area contributed by atoms with Gasteiger partial charge in [0.1, 0.15) is 0 Å². The summed E-state index contributed by atoms with van der Waals surface area (Å²) < 4.78 is 2.03. The minimum absolute atomic E-state index is 0.00808. The van der Waals surface area contributed by atoms with Gasteiger partial charge >= 0.3 is 5.69 Å². The minimum Gasteiger partial charge on any atom is -0.313 e. The molecule has 1 unspecified atom stereocenters. The fraction of sp³-hybridized carbons (Fsp3) is 0.667. The van der Waals surface area contributed by atoms with Crippen molar-refractivity contribution in [3.05, 3.63) is 22.9 Å². The summed E-state index contributed by atoms with van der Waals surface area (Å²) in [7, 11) is 0. The van der Waals surface area contributed by atoms with Gasteiger partial charge in [0.25, 0.3) is 0 Å². The zero-order valence-electron chi connectivity index (χ0n) is 7.75. The minimum atomic E-state index is 0.00808. The van der Waals surface area contributed by atoms with Crippen molar-refractivity contribution in [3.63, 3.8) is 0 Å². The van der Waals surface area contributed by atoms with Crippen LogP contribution < -0.4 is 5.69 Å². The molecule has 1 aliphatic heterocycles. The van der Waals surface area contributed by atoms with Crippen LogP contribution in [0.2, 0.25) is 0 Å². The molecule has 0 saturated carbocycles. The van der Waals surface area contributed by atoms with E-state index in [1.54, 1.807) is 10.8 Å². The average molecular weight is 198 g/mol. The summed E-state index contributed by atoms with van der Waals surface area (Å²) in [5.74, 6) is 1.23. The predicted molar refractivity (Wildman–Crippen MR) is 55.1 cm³/mol. The van der Waals surface area contributed by atoms with Gasteiger partial charge in [-0.2, -0.15) is 11.8 Å². The third kappa shape index (κ3) is 1.82. The van der Waals surface area contributed by atoms with E-state index in [1.165, 1.54) is 18.6 Å². The molecule has 0 bridgehead atoms. The standard InChI is InChI=1S/C9H14N2OS/c1-9(3-2-6-13-9)7-11-5-4-10-8(11)12/h4-5H,2-3,6-7H2,1H3,(H,10,12). The highest BCUT2D eigenvalue weighted by molar-refractivity contribution is 8.00. The number of thioether (sulfide) groups is 1. The summed E-state index contributed by atoms with van der Waals surface area (Å²) in [5, 5.41) is 0. The van der Waals surface area contributed by atoms with Gasteiger partial charge in [0.15, 0.2) is 0 Å². The van der Waals surface area contributed by atoms with Crippen LogP contribution in [-0.4, -0.2) is 20.1 Å². The Labute approximate surface area is 81.5 Å². The van der Waals surface area contributed by atoms with E-state index in [0.29, 0.717) is 0 Å². The van der Waals surface area contributed by atoms with Crippen molar-refractivity contribution in [1.82, 2.24) is 9.55 Å². The number of nitrogens with zero attached hydrogens (tertiary/aromatic N) is 1. The maximum absolute atomic E-state index is 11.2. The van der Waals surface area contributed by atoms with Crippen LogP contribution in [0.25, 0.3) is 0 Å². The lowest BCUT2D eigenvalue weighted by Gasteiger charge is -2.22. The van der Waals surface area contributed by atoms with Gasteiger partial charge in [-0.15, -0.1) is 0 Å². The van der Waals surface area contributed by atoms with Crippen LogP contribution in [0.3, 0.4) is 0 Å². The molecule has 0 spiro atoms. The molecular formula is C9H14N2OS. The zero-order chi connectivity index (χ0) is 9.31. The molecule has 0 radical (unpaired) electrons. The molecule has 1 aromatic rings. The van der Waals surface area contributed by atoms with E-state index in [1.807, 2.05) is 18.0 Å². The third-order valence-electron chi connectivity index (χ3n) is 2.53. The maximum atomic E-state index is 11.2. The van der Waals surface area contributed by atoms with E-state index in [-0.39, 0.29) is 10.4 Å². The number of imidazole rings is 1. The SMILES string of the molecule is CC1(Cn2cc[nH]c2=O)CCCS1. The monoisotopic (exact) mass is 198 g/mol. The molecule has 4 heteroatoms. The van der Waals surface area contributed by atoms with Crippen LogP contribution in [0.4, 0.5) is 0 Å². The third-order valence-corrected chi connectivity index (χ3v) is 4.05.